The average molecular weight is 267 g/mol. The minimum Gasteiger partial charge on any atom is -0.468 e. The standard InChI is InChI=1S/C14H21NO4/c1-9-8-19-14(6-4-3-5-7-14)15-11(9)10(12(15)16)13(17)18-2/h9-11H,3-8H2,1-2H3/t9-,10-,11-/m0/s1. The molecule has 3 fully saturated rings. The molecule has 5 nitrogen and oxygen atoms in total. The highest BCUT2D eigenvalue weighted by molar-refractivity contribution is 6.04. The topological polar surface area (TPSA) is 55.8 Å². The molecule has 0 aromatic carbocycles. The van der Waals surface area contributed by atoms with Crippen LogP contribution in [0.1, 0.15) is 39.0 Å². The molecule has 2 heterocycles. The minimum atomic E-state index is -0.609. The van der Waals surface area contributed by atoms with E-state index >= 15 is 0 Å². The van der Waals surface area contributed by atoms with Crippen LogP contribution in [0.5, 0.6) is 0 Å². The second-order valence-electron chi connectivity index (χ2n) is 5.99. The summed E-state index contributed by atoms with van der Waals surface area (Å²) in [4.78, 5) is 26.0. The Hall–Kier alpha value is -1.10. The Balaban J connectivity index is 1.87. The van der Waals surface area contributed by atoms with Crippen molar-refractivity contribution >= 4 is 11.9 Å². The molecule has 3 rings (SSSR count). The summed E-state index contributed by atoms with van der Waals surface area (Å²) in [5.41, 5.74) is -0.434. The van der Waals surface area contributed by atoms with Gasteiger partial charge in [0, 0.05) is 5.92 Å². The van der Waals surface area contributed by atoms with Crippen LogP contribution in [-0.2, 0) is 19.1 Å². The van der Waals surface area contributed by atoms with Crippen LogP contribution in [0.3, 0.4) is 0 Å². The van der Waals surface area contributed by atoms with Gasteiger partial charge in [0.15, 0.2) is 5.92 Å². The van der Waals surface area contributed by atoms with Crippen LogP contribution in [-0.4, -0.2) is 42.3 Å². The van der Waals surface area contributed by atoms with E-state index in [9.17, 15) is 9.59 Å². The average Bonchev–Trinajstić information content (AvgIpc) is 2.42. The number of carbonyl (C=O) groups excluding carboxylic acids is 2. The molecule has 1 spiro atoms. The van der Waals surface area contributed by atoms with Gasteiger partial charge in [0.05, 0.1) is 19.8 Å². The van der Waals surface area contributed by atoms with Crippen LogP contribution in [0, 0.1) is 11.8 Å². The molecule has 0 N–H and O–H groups in total. The molecular formula is C14H21NO4. The maximum absolute atomic E-state index is 12.4. The van der Waals surface area contributed by atoms with Gasteiger partial charge < -0.3 is 14.4 Å². The Morgan fingerprint density at radius 3 is 2.68 bits per heavy atom. The fourth-order valence-electron chi connectivity index (χ4n) is 3.88. The molecule has 0 bridgehead atoms. The third kappa shape index (κ3) is 1.71. The molecule has 2 saturated heterocycles. The molecule has 0 aromatic heterocycles. The molecule has 3 atom stereocenters. The number of amides is 1. The zero-order valence-corrected chi connectivity index (χ0v) is 11.6. The second kappa shape index (κ2) is 4.47. The number of esters is 1. The lowest BCUT2D eigenvalue weighted by Gasteiger charge is -2.61. The lowest BCUT2D eigenvalue weighted by molar-refractivity contribution is -0.269. The molecule has 0 aromatic rings. The summed E-state index contributed by atoms with van der Waals surface area (Å²) in [6, 6.07) is -0.0354. The van der Waals surface area contributed by atoms with Gasteiger partial charge in [-0.05, 0) is 25.7 Å². The number of ether oxygens (including phenoxy) is 2. The Labute approximate surface area is 113 Å². The van der Waals surface area contributed by atoms with Crippen LogP contribution in [0.15, 0.2) is 0 Å². The van der Waals surface area contributed by atoms with Gasteiger partial charge in [-0.3, -0.25) is 9.59 Å². The zero-order valence-electron chi connectivity index (χ0n) is 11.6. The third-order valence-electron chi connectivity index (χ3n) is 4.87. The molecule has 0 radical (unpaired) electrons. The molecule has 1 aliphatic carbocycles. The Kier molecular flexibility index (Phi) is 3.04. The van der Waals surface area contributed by atoms with Crippen molar-refractivity contribution in [3.05, 3.63) is 0 Å². The van der Waals surface area contributed by atoms with Crippen molar-refractivity contribution in [1.82, 2.24) is 4.90 Å². The van der Waals surface area contributed by atoms with E-state index in [0.717, 1.165) is 25.7 Å². The summed E-state index contributed by atoms with van der Waals surface area (Å²) in [5.74, 6) is -0.923. The molecule has 19 heavy (non-hydrogen) atoms. The van der Waals surface area contributed by atoms with Crippen molar-refractivity contribution in [3.8, 4) is 0 Å². The van der Waals surface area contributed by atoms with E-state index in [-0.39, 0.29) is 17.9 Å². The van der Waals surface area contributed by atoms with Gasteiger partial charge in [-0.25, -0.2) is 0 Å². The number of carbonyl (C=O) groups is 2. The van der Waals surface area contributed by atoms with Gasteiger partial charge in [0.25, 0.3) is 0 Å². The minimum absolute atomic E-state index is 0.0354. The SMILES string of the molecule is COC(=O)[C@@H]1C(=O)N2[C@H]1[C@@H](C)COC21CCCCC1. The smallest absolute Gasteiger partial charge is 0.320 e. The third-order valence-corrected chi connectivity index (χ3v) is 4.87. The van der Waals surface area contributed by atoms with Crippen molar-refractivity contribution in [2.24, 2.45) is 11.8 Å². The monoisotopic (exact) mass is 267 g/mol. The van der Waals surface area contributed by atoms with Gasteiger partial charge in [-0.1, -0.05) is 13.3 Å². The first-order chi connectivity index (χ1) is 9.10. The van der Waals surface area contributed by atoms with Crippen LogP contribution in [0.2, 0.25) is 0 Å². The van der Waals surface area contributed by atoms with E-state index in [0.29, 0.717) is 6.61 Å². The highest BCUT2D eigenvalue weighted by Crippen LogP contribution is 2.48. The van der Waals surface area contributed by atoms with Crippen molar-refractivity contribution in [2.75, 3.05) is 13.7 Å². The molecule has 3 aliphatic rings. The van der Waals surface area contributed by atoms with Crippen LogP contribution in [0.25, 0.3) is 0 Å². The summed E-state index contributed by atoms with van der Waals surface area (Å²) in [5, 5.41) is 0. The number of rotatable bonds is 1. The first-order valence-electron chi connectivity index (χ1n) is 7.16. The van der Waals surface area contributed by atoms with Gasteiger partial charge in [-0.15, -0.1) is 0 Å². The van der Waals surface area contributed by atoms with Gasteiger partial charge in [0.2, 0.25) is 5.91 Å². The Bertz CT molecular complexity index is 402. The van der Waals surface area contributed by atoms with E-state index in [1.165, 1.54) is 13.5 Å². The number of methoxy groups -OCH3 is 1. The molecular weight excluding hydrogens is 246 g/mol. The van der Waals surface area contributed by atoms with Gasteiger partial charge in [-0.2, -0.15) is 0 Å². The summed E-state index contributed by atoms with van der Waals surface area (Å²) >= 11 is 0. The summed E-state index contributed by atoms with van der Waals surface area (Å²) in [7, 11) is 1.35. The van der Waals surface area contributed by atoms with Crippen molar-refractivity contribution < 1.29 is 19.1 Å². The number of β-lactam (4-membered cyclic amide) rings is 1. The predicted molar refractivity (Wildman–Crippen MR) is 67.1 cm³/mol. The summed E-state index contributed by atoms with van der Waals surface area (Å²) < 4.78 is 10.8. The van der Waals surface area contributed by atoms with Crippen molar-refractivity contribution in [3.63, 3.8) is 0 Å². The van der Waals surface area contributed by atoms with E-state index in [4.69, 9.17) is 9.47 Å². The summed E-state index contributed by atoms with van der Waals surface area (Å²) in [6.45, 7) is 2.66. The van der Waals surface area contributed by atoms with Gasteiger partial charge >= 0.3 is 5.97 Å². The Morgan fingerprint density at radius 1 is 1.37 bits per heavy atom. The van der Waals surface area contributed by atoms with E-state index in [2.05, 4.69) is 0 Å². The van der Waals surface area contributed by atoms with Crippen molar-refractivity contribution in [2.45, 2.75) is 50.8 Å². The normalized spacial score (nSPS) is 36.6. The number of fused-ring (bicyclic) bond motifs is 2. The second-order valence-corrected chi connectivity index (χ2v) is 5.99. The van der Waals surface area contributed by atoms with Crippen LogP contribution in [0.4, 0.5) is 0 Å². The predicted octanol–water partition coefficient (Wildman–Crippen LogP) is 1.31. The molecule has 1 saturated carbocycles. The molecule has 1 amide bonds. The highest BCUT2D eigenvalue weighted by Gasteiger charge is 2.64. The molecule has 2 aliphatic heterocycles. The molecule has 5 heteroatoms. The Morgan fingerprint density at radius 2 is 2.05 bits per heavy atom. The van der Waals surface area contributed by atoms with E-state index < -0.39 is 17.6 Å². The fourth-order valence-corrected chi connectivity index (χ4v) is 3.88. The lowest BCUT2D eigenvalue weighted by atomic mass is 9.73. The number of hydrogen-bond donors (Lipinski definition) is 0. The zero-order chi connectivity index (χ0) is 13.6. The number of nitrogens with zero attached hydrogens (tertiary/aromatic N) is 1. The highest BCUT2D eigenvalue weighted by atomic mass is 16.5. The van der Waals surface area contributed by atoms with E-state index in [1.54, 1.807) is 0 Å². The fraction of sp³-hybridized carbons (Fsp3) is 0.857. The lowest BCUT2D eigenvalue weighted by Crippen LogP contribution is -2.77. The van der Waals surface area contributed by atoms with Crippen molar-refractivity contribution in [1.29, 1.82) is 0 Å². The maximum atomic E-state index is 12.4. The first-order valence-corrected chi connectivity index (χ1v) is 7.16. The molecule has 0 unspecified atom stereocenters. The van der Waals surface area contributed by atoms with Gasteiger partial charge in [0.1, 0.15) is 5.72 Å². The molecule has 106 valence electrons. The largest absolute Gasteiger partial charge is 0.468 e. The first kappa shape index (κ1) is 12.9. The quantitative estimate of drug-likeness (QED) is 0.408. The maximum Gasteiger partial charge on any atom is 0.320 e. The van der Waals surface area contributed by atoms with E-state index in [1.807, 2.05) is 11.8 Å². The summed E-state index contributed by atoms with van der Waals surface area (Å²) in [6.07, 6.45) is 5.18. The number of hydrogen-bond acceptors (Lipinski definition) is 4. The van der Waals surface area contributed by atoms with Crippen LogP contribution >= 0.6 is 0 Å². The van der Waals surface area contributed by atoms with Crippen LogP contribution < -0.4 is 0 Å².